The first-order valence-electron chi connectivity index (χ1n) is 5.98. The molecule has 0 aliphatic heterocycles. The largest absolute Gasteiger partial charge is 0.305 e. The lowest BCUT2D eigenvalue weighted by atomic mass is 10.1. The SMILES string of the molecule is CCNC(c1cc2sccc2s1)c1ccnn1C. The van der Waals surface area contributed by atoms with E-state index < -0.39 is 0 Å². The zero-order valence-electron chi connectivity index (χ0n) is 10.4. The molecule has 18 heavy (non-hydrogen) atoms. The molecule has 1 N–H and O–H groups in total. The van der Waals surface area contributed by atoms with Crippen LogP contribution in [-0.2, 0) is 7.05 Å². The van der Waals surface area contributed by atoms with Crippen molar-refractivity contribution in [2.24, 2.45) is 7.05 Å². The van der Waals surface area contributed by atoms with Crippen LogP contribution in [0.15, 0.2) is 29.8 Å². The number of aryl methyl sites for hydroxylation is 1. The first-order valence-corrected chi connectivity index (χ1v) is 7.67. The maximum Gasteiger partial charge on any atom is 0.0842 e. The molecular formula is C13H15N3S2. The van der Waals surface area contributed by atoms with Gasteiger partial charge in [-0.25, -0.2) is 0 Å². The van der Waals surface area contributed by atoms with E-state index in [2.05, 4.69) is 40.9 Å². The van der Waals surface area contributed by atoms with Crippen LogP contribution in [-0.4, -0.2) is 16.3 Å². The second-order valence-electron chi connectivity index (χ2n) is 4.17. The number of nitrogens with one attached hydrogen (secondary N) is 1. The summed E-state index contributed by atoms with van der Waals surface area (Å²) in [6.45, 7) is 3.08. The van der Waals surface area contributed by atoms with E-state index in [0.29, 0.717) is 0 Å². The molecule has 0 saturated carbocycles. The van der Waals surface area contributed by atoms with Gasteiger partial charge in [0.25, 0.3) is 0 Å². The van der Waals surface area contributed by atoms with E-state index >= 15 is 0 Å². The summed E-state index contributed by atoms with van der Waals surface area (Å²) in [5.41, 5.74) is 1.21. The number of thiophene rings is 2. The summed E-state index contributed by atoms with van der Waals surface area (Å²) in [5, 5.41) is 9.97. The molecule has 3 rings (SSSR count). The molecule has 1 unspecified atom stereocenters. The highest BCUT2D eigenvalue weighted by Crippen LogP contribution is 2.35. The molecule has 94 valence electrons. The molecule has 0 fully saturated rings. The summed E-state index contributed by atoms with van der Waals surface area (Å²) in [4.78, 5) is 1.36. The third kappa shape index (κ3) is 1.98. The Kier molecular flexibility index (Phi) is 3.20. The summed E-state index contributed by atoms with van der Waals surface area (Å²) in [5.74, 6) is 0. The molecule has 5 heteroatoms. The van der Waals surface area contributed by atoms with Gasteiger partial charge in [0.2, 0.25) is 0 Å². The molecule has 3 heterocycles. The number of fused-ring (bicyclic) bond motifs is 1. The van der Waals surface area contributed by atoms with Crippen LogP contribution in [0.3, 0.4) is 0 Å². The highest BCUT2D eigenvalue weighted by atomic mass is 32.1. The van der Waals surface area contributed by atoms with Crippen LogP contribution in [0.5, 0.6) is 0 Å². The Morgan fingerprint density at radius 1 is 1.39 bits per heavy atom. The van der Waals surface area contributed by atoms with Gasteiger partial charge >= 0.3 is 0 Å². The van der Waals surface area contributed by atoms with Crippen molar-refractivity contribution in [3.8, 4) is 0 Å². The second kappa shape index (κ2) is 4.84. The number of rotatable bonds is 4. The third-order valence-corrected chi connectivity index (χ3v) is 5.16. The molecule has 3 aromatic heterocycles. The Morgan fingerprint density at radius 3 is 2.94 bits per heavy atom. The Hall–Kier alpha value is -1.17. The zero-order valence-corrected chi connectivity index (χ0v) is 12.0. The lowest BCUT2D eigenvalue weighted by molar-refractivity contribution is 0.579. The molecule has 0 bridgehead atoms. The van der Waals surface area contributed by atoms with Gasteiger partial charge in [0.15, 0.2) is 0 Å². The van der Waals surface area contributed by atoms with E-state index in [0.717, 1.165) is 6.54 Å². The Morgan fingerprint density at radius 2 is 2.28 bits per heavy atom. The van der Waals surface area contributed by atoms with Gasteiger partial charge in [-0.05, 0) is 30.1 Å². The van der Waals surface area contributed by atoms with Crippen molar-refractivity contribution >= 4 is 32.1 Å². The van der Waals surface area contributed by atoms with Gasteiger partial charge in [0, 0.05) is 27.5 Å². The van der Waals surface area contributed by atoms with E-state index in [9.17, 15) is 0 Å². The minimum atomic E-state index is 0.243. The van der Waals surface area contributed by atoms with Crippen molar-refractivity contribution in [2.75, 3.05) is 6.54 Å². The standard InChI is InChI=1S/C13H15N3S2/c1-3-14-13(9-4-6-15-16(9)2)12-8-11-10(18-12)5-7-17-11/h4-8,13-14H,3H2,1-2H3. The molecule has 3 aromatic rings. The predicted octanol–water partition coefficient (Wildman–Crippen LogP) is 3.40. The maximum atomic E-state index is 4.27. The first kappa shape index (κ1) is 11.9. The van der Waals surface area contributed by atoms with Crippen LogP contribution in [0.1, 0.15) is 23.5 Å². The molecule has 0 saturated heterocycles. The van der Waals surface area contributed by atoms with Crippen molar-refractivity contribution < 1.29 is 0 Å². The van der Waals surface area contributed by atoms with Crippen LogP contribution in [0.25, 0.3) is 9.40 Å². The van der Waals surface area contributed by atoms with E-state index in [4.69, 9.17) is 0 Å². The van der Waals surface area contributed by atoms with Gasteiger partial charge in [-0.3, -0.25) is 4.68 Å². The first-order chi connectivity index (χ1) is 8.79. The molecule has 0 amide bonds. The van der Waals surface area contributed by atoms with Gasteiger partial charge in [0.05, 0.1) is 11.7 Å². The van der Waals surface area contributed by atoms with Gasteiger partial charge in [-0.1, -0.05) is 6.92 Å². The van der Waals surface area contributed by atoms with Crippen molar-refractivity contribution in [3.05, 3.63) is 40.3 Å². The average molecular weight is 277 g/mol. The molecular weight excluding hydrogens is 262 g/mol. The molecule has 3 nitrogen and oxygen atoms in total. The van der Waals surface area contributed by atoms with Crippen LogP contribution in [0.2, 0.25) is 0 Å². The smallest absolute Gasteiger partial charge is 0.0842 e. The van der Waals surface area contributed by atoms with Crippen LogP contribution >= 0.6 is 22.7 Å². The number of hydrogen-bond acceptors (Lipinski definition) is 4. The quantitative estimate of drug-likeness (QED) is 0.792. The number of aromatic nitrogens is 2. The Bertz CT molecular complexity index is 621. The molecule has 0 aromatic carbocycles. The van der Waals surface area contributed by atoms with Crippen molar-refractivity contribution in [2.45, 2.75) is 13.0 Å². The maximum absolute atomic E-state index is 4.27. The number of hydrogen-bond donors (Lipinski definition) is 1. The average Bonchev–Trinajstić information content (AvgIpc) is 3.00. The number of nitrogens with zero attached hydrogens (tertiary/aromatic N) is 2. The van der Waals surface area contributed by atoms with Crippen LogP contribution < -0.4 is 5.32 Å². The molecule has 0 spiro atoms. The minimum Gasteiger partial charge on any atom is -0.305 e. The lowest BCUT2D eigenvalue weighted by Crippen LogP contribution is -2.23. The second-order valence-corrected chi connectivity index (χ2v) is 6.23. The summed E-state index contributed by atoms with van der Waals surface area (Å²) in [6, 6.07) is 6.82. The highest BCUT2D eigenvalue weighted by Gasteiger charge is 2.18. The molecule has 0 aliphatic carbocycles. The summed E-state index contributed by atoms with van der Waals surface area (Å²) < 4.78 is 4.70. The normalized spacial score (nSPS) is 13.2. The minimum absolute atomic E-state index is 0.243. The van der Waals surface area contributed by atoms with Crippen LogP contribution in [0.4, 0.5) is 0 Å². The zero-order chi connectivity index (χ0) is 12.5. The molecule has 0 radical (unpaired) electrons. The molecule has 0 aliphatic rings. The van der Waals surface area contributed by atoms with Gasteiger partial charge < -0.3 is 5.32 Å². The molecule has 1 atom stereocenters. The van der Waals surface area contributed by atoms with E-state index in [-0.39, 0.29) is 6.04 Å². The lowest BCUT2D eigenvalue weighted by Gasteiger charge is -2.16. The Balaban J connectivity index is 2.04. The van der Waals surface area contributed by atoms with Crippen molar-refractivity contribution in [1.82, 2.24) is 15.1 Å². The summed E-state index contributed by atoms with van der Waals surface area (Å²) >= 11 is 3.67. The highest BCUT2D eigenvalue weighted by molar-refractivity contribution is 7.27. The van der Waals surface area contributed by atoms with Crippen molar-refractivity contribution in [3.63, 3.8) is 0 Å². The topological polar surface area (TPSA) is 29.9 Å². The van der Waals surface area contributed by atoms with Gasteiger partial charge in [-0.2, -0.15) is 5.10 Å². The summed E-state index contributed by atoms with van der Waals surface area (Å²) in [6.07, 6.45) is 1.86. The van der Waals surface area contributed by atoms with Gasteiger partial charge in [-0.15, -0.1) is 22.7 Å². The fourth-order valence-corrected chi connectivity index (χ4v) is 4.36. The van der Waals surface area contributed by atoms with E-state index in [1.54, 1.807) is 11.3 Å². The van der Waals surface area contributed by atoms with Gasteiger partial charge in [0.1, 0.15) is 0 Å². The monoisotopic (exact) mass is 277 g/mol. The summed E-state index contributed by atoms with van der Waals surface area (Å²) in [7, 11) is 2.00. The Labute approximate surface area is 114 Å². The van der Waals surface area contributed by atoms with Crippen molar-refractivity contribution in [1.29, 1.82) is 0 Å². The third-order valence-electron chi connectivity index (χ3n) is 3.01. The van der Waals surface area contributed by atoms with E-state index in [1.807, 2.05) is 29.3 Å². The fraction of sp³-hybridized carbons (Fsp3) is 0.308. The van der Waals surface area contributed by atoms with E-state index in [1.165, 1.54) is 20.0 Å². The predicted molar refractivity (Wildman–Crippen MR) is 78.4 cm³/mol. The fourth-order valence-electron chi connectivity index (χ4n) is 2.15. The van der Waals surface area contributed by atoms with Crippen LogP contribution in [0, 0.1) is 0 Å².